The molecule has 0 unspecified atom stereocenters. The van der Waals surface area contributed by atoms with Crippen LogP contribution in [-0.2, 0) is 9.53 Å². The minimum absolute atomic E-state index is 0.0354. The summed E-state index contributed by atoms with van der Waals surface area (Å²) in [5, 5.41) is 2.63. The molecule has 0 aromatic heterocycles. The molecule has 2 aromatic rings. The van der Waals surface area contributed by atoms with Crippen molar-refractivity contribution in [1.29, 1.82) is 0 Å². The van der Waals surface area contributed by atoms with Gasteiger partial charge >= 0.3 is 0 Å². The third-order valence-electron chi connectivity index (χ3n) is 5.21. The van der Waals surface area contributed by atoms with Crippen LogP contribution in [0.25, 0.3) is 0 Å². The van der Waals surface area contributed by atoms with Crippen LogP contribution >= 0.6 is 0 Å². The number of morpholine rings is 1. The van der Waals surface area contributed by atoms with Gasteiger partial charge in [-0.05, 0) is 49.4 Å². The molecular formula is C26H37N3O3. The lowest BCUT2D eigenvalue weighted by Gasteiger charge is -2.26. The summed E-state index contributed by atoms with van der Waals surface area (Å²) >= 11 is 0. The van der Waals surface area contributed by atoms with Crippen LogP contribution in [0, 0.1) is 0 Å². The van der Waals surface area contributed by atoms with Gasteiger partial charge in [-0.25, -0.2) is 0 Å². The molecule has 0 bridgehead atoms. The lowest BCUT2D eigenvalue weighted by Crippen LogP contribution is -2.45. The number of nitrogens with zero attached hydrogens (tertiary/aromatic N) is 1. The number of nitrogens with two attached hydrogens (primary N) is 1. The highest BCUT2D eigenvalue weighted by atomic mass is 16.5. The normalized spacial score (nSPS) is 14.9. The minimum atomic E-state index is -0.225. The zero-order valence-corrected chi connectivity index (χ0v) is 19.2. The SMILES string of the molecule is CCCCN.O=C(NCC(=O)N1CCOCC1)c1ccccc1.c1ccc(C2CC2)cc1. The van der Waals surface area contributed by atoms with Crippen LogP contribution in [0.4, 0.5) is 0 Å². The Labute approximate surface area is 192 Å². The first-order valence-electron chi connectivity index (χ1n) is 11.6. The summed E-state index contributed by atoms with van der Waals surface area (Å²) in [7, 11) is 0. The summed E-state index contributed by atoms with van der Waals surface area (Å²) in [4.78, 5) is 25.2. The summed E-state index contributed by atoms with van der Waals surface area (Å²) in [6.07, 6.45) is 5.20. The van der Waals surface area contributed by atoms with Crippen LogP contribution in [0.3, 0.4) is 0 Å². The second kappa shape index (κ2) is 15.2. The predicted octanol–water partition coefficient (Wildman–Crippen LogP) is 3.58. The van der Waals surface area contributed by atoms with Crippen molar-refractivity contribution >= 4 is 11.8 Å². The third kappa shape index (κ3) is 10.1. The third-order valence-corrected chi connectivity index (χ3v) is 5.21. The number of nitrogens with one attached hydrogen (secondary N) is 1. The molecule has 0 atom stereocenters. The van der Waals surface area contributed by atoms with Gasteiger partial charge in [0, 0.05) is 18.7 Å². The Bertz CT molecular complexity index is 771. The molecule has 32 heavy (non-hydrogen) atoms. The van der Waals surface area contributed by atoms with E-state index in [1.54, 1.807) is 29.2 Å². The van der Waals surface area contributed by atoms with Crippen molar-refractivity contribution in [2.24, 2.45) is 5.73 Å². The summed E-state index contributed by atoms with van der Waals surface area (Å²) in [6, 6.07) is 19.6. The molecule has 1 aliphatic carbocycles. The monoisotopic (exact) mass is 439 g/mol. The fraction of sp³-hybridized carbons (Fsp3) is 0.462. The first kappa shape index (κ1) is 25.6. The lowest BCUT2D eigenvalue weighted by atomic mass is 10.1. The van der Waals surface area contributed by atoms with Crippen LogP contribution in [0.15, 0.2) is 60.7 Å². The van der Waals surface area contributed by atoms with Crippen LogP contribution in [0.5, 0.6) is 0 Å². The molecule has 4 rings (SSSR count). The number of amides is 2. The Morgan fingerprint density at radius 1 is 1.00 bits per heavy atom. The average molecular weight is 440 g/mol. The van der Waals surface area contributed by atoms with E-state index < -0.39 is 0 Å². The van der Waals surface area contributed by atoms with E-state index in [4.69, 9.17) is 10.5 Å². The molecule has 2 amide bonds. The highest BCUT2D eigenvalue weighted by Crippen LogP contribution is 2.39. The molecule has 2 aromatic carbocycles. The molecule has 6 nitrogen and oxygen atoms in total. The number of ether oxygens (including phenoxy) is 1. The second-order valence-corrected chi connectivity index (χ2v) is 7.87. The molecular weight excluding hydrogens is 402 g/mol. The largest absolute Gasteiger partial charge is 0.378 e. The van der Waals surface area contributed by atoms with Crippen molar-refractivity contribution in [3.8, 4) is 0 Å². The van der Waals surface area contributed by atoms with Crippen molar-refractivity contribution in [1.82, 2.24) is 10.2 Å². The van der Waals surface area contributed by atoms with Crippen molar-refractivity contribution in [2.75, 3.05) is 39.4 Å². The van der Waals surface area contributed by atoms with Gasteiger partial charge in [0.15, 0.2) is 0 Å². The van der Waals surface area contributed by atoms with E-state index in [-0.39, 0.29) is 18.4 Å². The molecule has 1 saturated carbocycles. The van der Waals surface area contributed by atoms with Gasteiger partial charge in [0.25, 0.3) is 5.91 Å². The Hall–Kier alpha value is -2.70. The fourth-order valence-electron chi connectivity index (χ4n) is 3.12. The van der Waals surface area contributed by atoms with Crippen LogP contribution in [0.1, 0.15) is 54.4 Å². The highest BCUT2D eigenvalue weighted by Gasteiger charge is 2.22. The zero-order valence-electron chi connectivity index (χ0n) is 19.2. The molecule has 174 valence electrons. The van der Waals surface area contributed by atoms with Gasteiger partial charge in [0.05, 0.1) is 19.8 Å². The number of hydrogen-bond donors (Lipinski definition) is 2. The first-order valence-corrected chi connectivity index (χ1v) is 11.6. The minimum Gasteiger partial charge on any atom is -0.378 e. The molecule has 1 heterocycles. The lowest BCUT2D eigenvalue weighted by molar-refractivity contribution is -0.134. The number of hydrogen-bond acceptors (Lipinski definition) is 4. The predicted molar refractivity (Wildman–Crippen MR) is 129 cm³/mol. The van der Waals surface area contributed by atoms with Crippen LogP contribution in [-0.4, -0.2) is 56.1 Å². The molecule has 3 N–H and O–H groups in total. The van der Waals surface area contributed by atoms with Crippen molar-refractivity contribution in [3.63, 3.8) is 0 Å². The maximum Gasteiger partial charge on any atom is 0.251 e. The number of carbonyl (C=O) groups is 2. The summed E-state index contributed by atoms with van der Waals surface area (Å²) in [5.41, 5.74) is 7.23. The van der Waals surface area contributed by atoms with Crippen molar-refractivity contribution in [3.05, 3.63) is 71.8 Å². The van der Waals surface area contributed by atoms with Crippen LogP contribution < -0.4 is 11.1 Å². The quantitative estimate of drug-likeness (QED) is 0.720. The Morgan fingerprint density at radius 2 is 1.59 bits per heavy atom. The number of carbonyl (C=O) groups excluding carboxylic acids is 2. The van der Waals surface area contributed by atoms with Gasteiger partial charge in [0.2, 0.25) is 5.91 Å². The van der Waals surface area contributed by atoms with E-state index in [9.17, 15) is 9.59 Å². The zero-order chi connectivity index (χ0) is 23.0. The number of benzene rings is 2. The van der Waals surface area contributed by atoms with Gasteiger partial charge < -0.3 is 20.7 Å². The Morgan fingerprint density at radius 3 is 2.09 bits per heavy atom. The maximum absolute atomic E-state index is 11.8. The molecule has 2 fully saturated rings. The average Bonchev–Trinajstić information content (AvgIpc) is 3.71. The summed E-state index contributed by atoms with van der Waals surface area (Å²) < 4.78 is 5.16. The topological polar surface area (TPSA) is 84.7 Å². The summed E-state index contributed by atoms with van der Waals surface area (Å²) in [5.74, 6) is 0.617. The highest BCUT2D eigenvalue weighted by molar-refractivity contribution is 5.96. The van der Waals surface area contributed by atoms with Gasteiger partial charge in [-0.3, -0.25) is 9.59 Å². The van der Waals surface area contributed by atoms with E-state index in [1.165, 1.54) is 31.2 Å². The summed E-state index contributed by atoms with van der Waals surface area (Å²) in [6.45, 7) is 5.34. The first-order chi connectivity index (χ1) is 15.7. The second-order valence-electron chi connectivity index (χ2n) is 7.87. The number of rotatable bonds is 6. The molecule has 6 heteroatoms. The maximum atomic E-state index is 11.8. The smallest absolute Gasteiger partial charge is 0.251 e. The van der Waals surface area contributed by atoms with Crippen LogP contribution in [0.2, 0.25) is 0 Å². The fourth-order valence-corrected chi connectivity index (χ4v) is 3.12. The van der Waals surface area contributed by atoms with Gasteiger partial charge in [0.1, 0.15) is 0 Å². The van der Waals surface area contributed by atoms with Gasteiger partial charge in [-0.2, -0.15) is 0 Å². The Balaban J connectivity index is 0.000000213. The van der Waals surface area contributed by atoms with Gasteiger partial charge in [-0.15, -0.1) is 0 Å². The van der Waals surface area contributed by atoms with Crippen molar-refractivity contribution < 1.29 is 14.3 Å². The van der Waals surface area contributed by atoms with E-state index in [1.807, 2.05) is 6.07 Å². The molecule has 1 saturated heterocycles. The molecule has 2 aliphatic rings. The molecule has 0 spiro atoms. The van der Waals surface area contributed by atoms with Crippen molar-refractivity contribution in [2.45, 2.75) is 38.5 Å². The standard InChI is InChI=1S/C13H16N2O3.C9H10.C4H11N/c16-12(15-6-8-18-9-7-15)10-14-13(17)11-4-2-1-3-5-11;1-2-4-8(5-3-1)9-6-7-9;1-2-3-4-5/h1-5H,6-10H2,(H,14,17);1-5,9H,6-7H2;2-5H2,1H3. The van der Waals surface area contributed by atoms with E-state index in [0.717, 1.165) is 12.5 Å². The van der Waals surface area contributed by atoms with E-state index in [0.29, 0.717) is 31.9 Å². The number of unbranched alkanes of at least 4 members (excludes halogenated alkanes) is 1. The van der Waals surface area contributed by atoms with E-state index in [2.05, 4.69) is 42.6 Å². The van der Waals surface area contributed by atoms with E-state index >= 15 is 0 Å². The van der Waals surface area contributed by atoms with Gasteiger partial charge in [-0.1, -0.05) is 61.9 Å². The molecule has 1 aliphatic heterocycles. The Kier molecular flexibility index (Phi) is 12.1. The molecule has 0 radical (unpaired) electrons.